The number of carbonyl (C=O) groups excluding carboxylic acids is 1. The molecular weight excluding hydrogens is 389 g/mol. The van der Waals surface area contributed by atoms with Crippen LogP contribution in [0.15, 0.2) is 22.6 Å². The van der Waals surface area contributed by atoms with Gasteiger partial charge in [0.1, 0.15) is 11.9 Å². The molecule has 3 atom stereocenters. The Balaban J connectivity index is 1.36. The van der Waals surface area contributed by atoms with Crippen molar-refractivity contribution in [3.63, 3.8) is 0 Å². The van der Waals surface area contributed by atoms with Crippen molar-refractivity contribution in [1.82, 2.24) is 15.1 Å². The first-order valence-corrected chi connectivity index (χ1v) is 9.47. The van der Waals surface area contributed by atoms with Crippen LogP contribution >= 0.6 is 0 Å². The van der Waals surface area contributed by atoms with E-state index < -0.39 is 23.8 Å². The number of nitrogens with one attached hydrogen (secondary N) is 1. The maximum atomic E-state index is 13.7. The van der Waals surface area contributed by atoms with E-state index in [0.29, 0.717) is 12.6 Å². The summed E-state index contributed by atoms with van der Waals surface area (Å²) in [4.78, 5) is 14.3. The highest BCUT2D eigenvalue weighted by atomic mass is 19.3. The fourth-order valence-electron chi connectivity index (χ4n) is 3.21. The molecule has 1 aromatic heterocycles. The molecule has 2 fully saturated rings. The number of aromatic nitrogens is 2. The first kappa shape index (κ1) is 19.7. The van der Waals surface area contributed by atoms with Gasteiger partial charge >= 0.3 is 6.01 Å². The van der Waals surface area contributed by atoms with Gasteiger partial charge in [-0.25, -0.2) is 13.2 Å². The lowest BCUT2D eigenvalue weighted by atomic mass is 9.99. The molecule has 4 rings (SSSR count). The Kier molecular flexibility index (Phi) is 5.20. The van der Waals surface area contributed by atoms with E-state index in [4.69, 9.17) is 9.15 Å². The Morgan fingerprint density at radius 2 is 2.10 bits per heavy atom. The second-order valence-corrected chi connectivity index (χ2v) is 7.42. The Bertz CT molecular complexity index is 903. The van der Waals surface area contributed by atoms with Crippen LogP contribution in [0.3, 0.4) is 0 Å². The zero-order valence-corrected chi connectivity index (χ0v) is 15.9. The molecule has 1 amide bonds. The molecule has 2 heterocycles. The topological polar surface area (TPSA) is 80.5 Å². The molecule has 29 heavy (non-hydrogen) atoms. The van der Waals surface area contributed by atoms with Crippen molar-refractivity contribution in [3.05, 3.63) is 29.6 Å². The predicted molar refractivity (Wildman–Crippen MR) is 96.8 cm³/mol. The minimum atomic E-state index is -2.91. The Morgan fingerprint density at radius 1 is 1.34 bits per heavy atom. The summed E-state index contributed by atoms with van der Waals surface area (Å²) in [6.45, 7) is 4.17. The lowest BCUT2D eigenvalue weighted by molar-refractivity contribution is -0.157. The number of alkyl halides is 2. The van der Waals surface area contributed by atoms with Gasteiger partial charge in [0.05, 0.1) is 23.8 Å². The summed E-state index contributed by atoms with van der Waals surface area (Å²) in [6.07, 6.45) is -0.326. The van der Waals surface area contributed by atoms with E-state index in [1.165, 1.54) is 6.07 Å². The van der Waals surface area contributed by atoms with Crippen LogP contribution < -0.4 is 5.32 Å². The number of benzene rings is 1. The number of nitrogens with zero attached hydrogens (tertiary/aromatic N) is 3. The molecule has 1 aromatic carbocycles. The maximum absolute atomic E-state index is 13.7. The Hall–Kier alpha value is -2.62. The SMILES string of the molecule is C[C@@H](Nc1nnc(-c2ccc(C(F)F)c(F)c2)o1)C(=O)N1C[C@H](OC2CC2)[C@@H]1C. The summed E-state index contributed by atoms with van der Waals surface area (Å²) >= 11 is 0. The normalized spacial score (nSPS) is 22.5. The van der Waals surface area contributed by atoms with E-state index in [1.54, 1.807) is 11.8 Å². The number of rotatable bonds is 7. The standard InChI is InChI=1S/C19H21F3N4O3/c1-9(18(27)26-8-15(10(26)2)28-12-4-5-12)23-19-25-24-17(29-19)11-3-6-13(16(21)22)14(20)7-11/h3,6-7,9-10,12,15-16H,4-5,8H2,1-2H3,(H,23,25)/t9-,10+,15+/m1/s1. The zero-order valence-electron chi connectivity index (χ0n) is 15.9. The van der Waals surface area contributed by atoms with Crippen LogP contribution in [0.25, 0.3) is 11.5 Å². The minimum absolute atomic E-state index is 0.00178. The van der Waals surface area contributed by atoms with Crippen LogP contribution in [0, 0.1) is 5.82 Å². The molecule has 0 spiro atoms. The number of hydrogen-bond donors (Lipinski definition) is 1. The van der Waals surface area contributed by atoms with Crippen molar-refractivity contribution in [2.75, 3.05) is 11.9 Å². The fourth-order valence-corrected chi connectivity index (χ4v) is 3.21. The van der Waals surface area contributed by atoms with Crippen LogP contribution in [0.1, 0.15) is 38.7 Å². The summed E-state index contributed by atoms with van der Waals surface area (Å²) in [5.41, 5.74) is -0.527. The van der Waals surface area contributed by atoms with Crippen molar-refractivity contribution in [3.8, 4) is 11.5 Å². The van der Waals surface area contributed by atoms with Crippen molar-refractivity contribution >= 4 is 11.9 Å². The minimum Gasteiger partial charge on any atom is -0.403 e. The van der Waals surface area contributed by atoms with E-state index in [0.717, 1.165) is 25.0 Å². The summed E-state index contributed by atoms with van der Waals surface area (Å²) < 4.78 is 50.3. The van der Waals surface area contributed by atoms with Gasteiger partial charge in [-0.15, -0.1) is 5.10 Å². The third-order valence-electron chi connectivity index (χ3n) is 5.20. The van der Waals surface area contributed by atoms with Crippen molar-refractivity contribution in [2.45, 2.75) is 57.4 Å². The van der Waals surface area contributed by atoms with E-state index in [9.17, 15) is 18.0 Å². The van der Waals surface area contributed by atoms with E-state index in [1.807, 2.05) is 6.92 Å². The smallest absolute Gasteiger partial charge is 0.316 e. The quantitative estimate of drug-likeness (QED) is 0.754. The maximum Gasteiger partial charge on any atom is 0.316 e. The molecule has 1 saturated heterocycles. The van der Waals surface area contributed by atoms with Crippen LogP contribution in [-0.2, 0) is 9.53 Å². The molecule has 156 valence electrons. The third kappa shape index (κ3) is 4.07. The Morgan fingerprint density at radius 3 is 2.72 bits per heavy atom. The summed E-state index contributed by atoms with van der Waals surface area (Å²) in [7, 11) is 0. The van der Waals surface area contributed by atoms with E-state index >= 15 is 0 Å². The van der Waals surface area contributed by atoms with Gasteiger partial charge in [0.15, 0.2) is 0 Å². The number of ether oxygens (including phenoxy) is 1. The van der Waals surface area contributed by atoms with Crippen LogP contribution in [0.5, 0.6) is 0 Å². The van der Waals surface area contributed by atoms with Crippen molar-refractivity contribution in [1.29, 1.82) is 0 Å². The summed E-state index contributed by atoms with van der Waals surface area (Å²) in [5, 5.41) is 10.4. The summed E-state index contributed by atoms with van der Waals surface area (Å²) in [5.74, 6) is -1.22. The predicted octanol–water partition coefficient (Wildman–Crippen LogP) is 3.39. The third-order valence-corrected chi connectivity index (χ3v) is 5.20. The molecule has 10 heteroatoms. The monoisotopic (exact) mass is 410 g/mol. The molecular formula is C19H21F3N4O3. The molecule has 0 unspecified atom stereocenters. The van der Waals surface area contributed by atoms with Gasteiger partial charge in [0.25, 0.3) is 6.43 Å². The van der Waals surface area contributed by atoms with Gasteiger partial charge in [-0.05, 0) is 44.9 Å². The van der Waals surface area contributed by atoms with Crippen LogP contribution in [0.4, 0.5) is 19.2 Å². The molecule has 1 aliphatic heterocycles. The molecule has 1 saturated carbocycles. The first-order valence-electron chi connectivity index (χ1n) is 9.47. The average Bonchev–Trinajstić information content (AvgIpc) is 3.39. The van der Waals surface area contributed by atoms with Crippen molar-refractivity contribution in [2.24, 2.45) is 0 Å². The van der Waals surface area contributed by atoms with Gasteiger partial charge in [-0.3, -0.25) is 4.79 Å². The molecule has 1 N–H and O–H groups in total. The molecule has 2 aliphatic rings. The second kappa shape index (κ2) is 7.66. The largest absolute Gasteiger partial charge is 0.403 e. The van der Waals surface area contributed by atoms with Crippen molar-refractivity contribution < 1.29 is 27.1 Å². The number of likely N-dealkylation sites (tertiary alicyclic amines) is 1. The van der Waals surface area contributed by atoms with Gasteiger partial charge in [-0.2, -0.15) is 0 Å². The van der Waals surface area contributed by atoms with Crippen LogP contribution in [-0.4, -0.2) is 51.8 Å². The average molecular weight is 410 g/mol. The fraction of sp³-hybridized carbons (Fsp3) is 0.526. The molecule has 7 nitrogen and oxygen atoms in total. The number of halogens is 3. The second-order valence-electron chi connectivity index (χ2n) is 7.42. The molecule has 2 aromatic rings. The highest BCUT2D eigenvalue weighted by molar-refractivity contribution is 5.84. The highest BCUT2D eigenvalue weighted by Crippen LogP contribution is 2.31. The zero-order chi connectivity index (χ0) is 20.7. The van der Waals surface area contributed by atoms with E-state index in [-0.39, 0.29) is 35.5 Å². The number of amides is 1. The Labute approximate surface area is 165 Å². The lowest BCUT2D eigenvalue weighted by Crippen LogP contribution is -2.64. The molecule has 0 radical (unpaired) electrons. The lowest BCUT2D eigenvalue weighted by Gasteiger charge is -2.46. The highest BCUT2D eigenvalue weighted by Gasteiger charge is 2.43. The number of hydrogen-bond acceptors (Lipinski definition) is 6. The summed E-state index contributed by atoms with van der Waals surface area (Å²) in [6, 6.07) is 2.53. The number of carbonyl (C=O) groups is 1. The molecule has 1 aliphatic carbocycles. The van der Waals surface area contributed by atoms with E-state index in [2.05, 4.69) is 15.5 Å². The van der Waals surface area contributed by atoms with Gasteiger partial charge in [0, 0.05) is 12.1 Å². The number of anilines is 1. The van der Waals surface area contributed by atoms with Gasteiger partial charge in [0.2, 0.25) is 11.8 Å². The molecule has 0 bridgehead atoms. The van der Waals surface area contributed by atoms with Gasteiger partial charge in [-0.1, -0.05) is 5.10 Å². The van der Waals surface area contributed by atoms with Crippen LogP contribution in [0.2, 0.25) is 0 Å². The van der Waals surface area contributed by atoms with Gasteiger partial charge < -0.3 is 19.4 Å². The first-order chi connectivity index (χ1) is 13.8.